The van der Waals surface area contributed by atoms with Gasteiger partial charge in [-0.05, 0) is 31.5 Å². The fourth-order valence-electron chi connectivity index (χ4n) is 1.67. The van der Waals surface area contributed by atoms with E-state index >= 15 is 0 Å². The lowest BCUT2D eigenvalue weighted by molar-refractivity contribution is -0.133. The first-order chi connectivity index (χ1) is 8.38. The van der Waals surface area contributed by atoms with Gasteiger partial charge in [-0.15, -0.1) is 12.4 Å². The molecule has 0 radical (unpaired) electrons. The fraction of sp³-hybridized carbons (Fsp3) is 0.462. The Bertz CT molecular complexity index is 443. The van der Waals surface area contributed by atoms with Gasteiger partial charge in [-0.1, -0.05) is 6.92 Å². The zero-order valence-corrected chi connectivity index (χ0v) is 12.0. The highest BCUT2D eigenvalue weighted by Crippen LogP contribution is 2.23. The van der Waals surface area contributed by atoms with Crippen LogP contribution in [0.25, 0.3) is 0 Å². The van der Waals surface area contributed by atoms with Crippen molar-refractivity contribution in [2.45, 2.75) is 32.4 Å². The summed E-state index contributed by atoms with van der Waals surface area (Å²) in [4.78, 5) is 13.2. The highest BCUT2D eigenvalue weighted by atomic mass is 35.5. The Balaban J connectivity index is 0.00000324. The number of carbonyl (C=O) groups is 1. The van der Waals surface area contributed by atoms with Gasteiger partial charge in [-0.2, -0.15) is 0 Å². The summed E-state index contributed by atoms with van der Waals surface area (Å²) in [7, 11) is 1.53. The molecule has 0 spiro atoms. The van der Waals surface area contributed by atoms with Gasteiger partial charge in [0.05, 0.1) is 12.1 Å². The Hall–Kier alpha value is -1.20. The summed E-state index contributed by atoms with van der Waals surface area (Å²) >= 11 is 0. The minimum absolute atomic E-state index is 0. The maximum Gasteiger partial charge on any atom is 0.239 e. The molecule has 0 saturated heterocycles. The van der Waals surface area contributed by atoms with E-state index in [1.165, 1.54) is 11.9 Å². The quantitative estimate of drug-likeness (QED) is 0.927. The Kier molecular flexibility index (Phi) is 6.94. The molecule has 0 aliphatic heterocycles. The van der Waals surface area contributed by atoms with Gasteiger partial charge in [0.2, 0.25) is 5.91 Å². The third kappa shape index (κ3) is 4.14. The van der Waals surface area contributed by atoms with Crippen LogP contribution in [-0.4, -0.2) is 23.9 Å². The molecule has 0 aliphatic rings. The lowest BCUT2D eigenvalue weighted by Gasteiger charge is -2.27. The summed E-state index contributed by atoms with van der Waals surface area (Å²) < 4.78 is 26.7. The first-order valence-corrected chi connectivity index (χ1v) is 5.85. The van der Waals surface area contributed by atoms with Crippen LogP contribution in [0.5, 0.6) is 0 Å². The van der Waals surface area contributed by atoms with E-state index in [-0.39, 0.29) is 23.9 Å². The summed E-state index contributed by atoms with van der Waals surface area (Å²) in [5, 5.41) is 0. The van der Waals surface area contributed by atoms with Crippen molar-refractivity contribution in [2.75, 3.05) is 7.05 Å². The van der Waals surface area contributed by atoms with Gasteiger partial charge < -0.3 is 10.6 Å². The summed E-state index contributed by atoms with van der Waals surface area (Å²) in [6.07, 6.45) is 0.502. The normalized spacial score (nSPS) is 13.4. The number of nitrogens with two attached hydrogens (primary N) is 1. The Morgan fingerprint density at radius 1 is 1.42 bits per heavy atom. The van der Waals surface area contributed by atoms with Crippen molar-refractivity contribution in [1.82, 2.24) is 4.90 Å². The first kappa shape index (κ1) is 17.8. The molecule has 0 heterocycles. The molecule has 1 aromatic rings. The molecule has 1 aromatic carbocycles. The van der Waals surface area contributed by atoms with Gasteiger partial charge in [0.25, 0.3) is 0 Å². The number of rotatable bonds is 4. The maximum absolute atomic E-state index is 13.6. The fourth-order valence-corrected chi connectivity index (χ4v) is 1.67. The molecule has 0 fully saturated rings. The molecule has 2 atom stereocenters. The molecular formula is C13H19ClF2N2O. The highest BCUT2D eigenvalue weighted by molar-refractivity contribution is 5.85. The van der Waals surface area contributed by atoms with E-state index in [1.54, 1.807) is 13.8 Å². The van der Waals surface area contributed by atoms with E-state index in [4.69, 9.17) is 5.73 Å². The maximum atomic E-state index is 13.6. The minimum Gasteiger partial charge on any atom is -0.338 e. The molecule has 0 aromatic heterocycles. The second kappa shape index (κ2) is 7.40. The second-order valence-corrected chi connectivity index (χ2v) is 4.31. The molecule has 2 N–H and O–H groups in total. The van der Waals surface area contributed by atoms with Gasteiger partial charge >= 0.3 is 0 Å². The number of hydrogen-bond donors (Lipinski definition) is 1. The summed E-state index contributed by atoms with van der Waals surface area (Å²) in [5.41, 5.74) is 5.79. The van der Waals surface area contributed by atoms with Crippen LogP contribution in [-0.2, 0) is 4.79 Å². The molecule has 0 bridgehead atoms. The Labute approximate surface area is 118 Å². The molecule has 3 nitrogen and oxygen atoms in total. The molecule has 1 unspecified atom stereocenters. The van der Waals surface area contributed by atoms with Gasteiger partial charge in [0, 0.05) is 12.6 Å². The van der Waals surface area contributed by atoms with Crippen molar-refractivity contribution in [3.05, 3.63) is 35.4 Å². The van der Waals surface area contributed by atoms with E-state index in [0.717, 1.165) is 18.2 Å². The number of benzene rings is 1. The number of likely N-dealkylation sites (N-methyl/N-ethyl adjacent to an activating group) is 1. The van der Waals surface area contributed by atoms with E-state index in [1.807, 2.05) is 0 Å². The summed E-state index contributed by atoms with van der Waals surface area (Å²) in [6, 6.07) is 2.02. The van der Waals surface area contributed by atoms with Crippen LogP contribution in [0.4, 0.5) is 8.78 Å². The van der Waals surface area contributed by atoms with E-state index < -0.39 is 23.7 Å². The molecular weight excluding hydrogens is 274 g/mol. The smallest absolute Gasteiger partial charge is 0.239 e. The number of hydrogen-bond acceptors (Lipinski definition) is 2. The van der Waals surface area contributed by atoms with Crippen molar-refractivity contribution in [2.24, 2.45) is 5.73 Å². The zero-order valence-electron chi connectivity index (χ0n) is 11.2. The topological polar surface area (TPSA) is 46.3 Å². The van der Waals surface area contributed by atoms with Crippen LogP contribution in [0.1, 0.15) is 31.9 Å². The number of halogens is 3. The average molecular weight is 293 g/mol. The van der Waals surface area contributed by atoms with E-state index in [9.17, 15) is 13.6 Å². The lowest BCUT2D eigenvalue weighted by atomic mass is 10.1. The third-order valence-electron chi connectivity index (χ3n) is 3.09. The molecule has 0 aliphatic carbocycles. The lowest BCUT2D eigenvalue weighted by Crippen LogP contribution is -2.42. The second-order valence-electron chi connectivity index (χ2n) is 4.31. The van der Waals surface area contributed by atoms with Gasteiger partial charge in [-0.3, -0.25) is 4.79 Å². The Morgan fingerprint density at radius 2 is 2.00 bits per heavy atom. The average Bonchev–Trinajstić information content (AvgIpc) is 2.38. The van der Waals surface area contributed by atoms with Gasteiger partial charge in [0.15, 0.2) is 0 Å². The van der Waals surface area contributed by atoms with Crippen molar-refractivity contribution >= 4 is 18.3 Å². The molecule has 19 heavy (non-hydrogen) atoms. The van der Waals surface area contributed by atoms with Crippen LogP contribution < -0.4 is 5.73 Å². The van der Waals surface area contributed by atoms with Crippen molar-refractivity contribution in [3.8, 4) is 0 Å². The van der Waals surface area contributed by atoms with Crippen molar-refractivity contribution < 1.29 is 13.6 Å². The number of amides is 1. The van der Waals surface area contributed by atoms with Crippen molar-refractivity contribution in [3.63, 3.8) is 0 Å². The standard InChI is InChI=1S/C13H18F2N2O.ClH/c1-4-12(16)13(18)17(3)8(2)10-7-9(14)5-6-11(10)15;/h5-8,12H,4,16H2,1-3H3;1H/t8?,12-;/m0./s1. The van der Waals surface area contributed by atoms with Crippen LogP contribution in [0.2, 0.25) is 0 Å². The summed E-state index contributed by atoms with van der Waals surface area (Å²) in [5.74, 6) is -1.35. The third-order valence-corrected chi connectivity index (χ3v) is 3.09. The predicted molar refractivity (Wildman–Crippen MR) is 73.1 cm³/mol. The van der Waals surface area contributed by atoms with Gasteiger partial charge in [-0.25, -0.2) is 8.78 Å². The minimum atomic E-state index is -0.617. The van der Waals surface area contributed by atoms with Crippen LogP contribution >= 0.6 is 12.4 Å². The molecule has 1 amide bonds. The zero-order chi connectivity index (χ0) is 13.9. The number of carbonyl (C=O) groups excluding carboxylic acids is 1. The predicted octanol–water partition coefficient (Wildman–Crippen LogP) is 2.64. The summed E-state index contributed by atoms with van der Waals surface area (Å²) in [6.45, 7) is 3.43. The van der Waals surface area contributed by atoms with E-state index in [2.05, 4.69) is 0 Å². The molecule has 108 valence electrons. The van der Waals surface area contributed by atoms with Crippen LogP contribution in [0.3, 0.4) is 0 Å². The number of nitrogens with zero attached hydrogens (tertiary/aromatic N) is 1. The van der Waals surface area contributed by atoms with Crippen LogP contribution in [0.15, 0.2) is 18.2 Å². The first-order valence-electron chi connectivity index (χ1n) is 5.85. The van der Waals surface area contributed by atoms with E-state index in [0.29, 0.717) is 6.42 Å². The molecule has 0 saturated carbocycles. The van der Waals surface area contributed by atoms with Crippen molar-refractivity contribution in [1.29, 1.82) is 0 Å². The largest absolute Gasteiger partial charge is 0.338 e. The SMILES string of the molecule is CC[C@H](N)C(=O)N(C)C(C)c1cc(F)ccc1F.Cl. The Morgan fingerprint density at radius 3 is 2.53 bits per heavy atom. The van der Waals surface area contributed by atoms with Gasteiger partial charge in [0.1, 0.15) is 11.6 Å². The molecule has 6 heteroatoms. The van der Waals surface area contributed by atoms with Crippen LogP contribution in [0, 0.1) is 11.6 Å². The molecule has 1 rings (SSSR count). The monoisotopic (exact) mass is 292 g/mol. The highest BCUT2D eigenvalue weighted by Gasteiger charge is 2.23.